The van der Waals surface area contributed by atoms with Gasteiger partial charge in [0.25, 0.3) is 0 Å². The van der Waals surface area contributed by atoms with Crippen LogP contribution < -0.4 is 9.46 Å². The Morgan fingerprint density at radius 1 is 1.39 bits per heavy atom. The second kappa shape index (κ2) is 4.02. The van der Waals surface area contributed by atoms with E-state index in [4.69, 9.17) is 9.52 Å². The summed E-state index contributed by atoms with van der Waals surface area (Å²) in [4.78, 5) is 0.295. The Morgan fingerprint density at radius 3 is 2.94 bits per heavy atom. The zero-order valence-electron chi connectivity index (χ0n) is 9.50. The van der Waals surface area contributed by atoms with Crippen LogP contribution in [0.1, 0.15) is 0 Å². The molecule has 6 nitrogen and oxygen atoms in total. The monoisotopic (exact) mass is 264 g/mol. The van der Waals surface area contributed by atoms with Crippen molar-refractivity contribution >= 4 is 15.6 Å². The van der Waals surface area contributed by atoms with Crippen molar-refractivity contribution in [3.8, 4) is 5.88 Å². The Labute approximate surface area is 105 Å². The number of para-hydroxylation sites is 1. The largest absolute Gasteiger partial charge is 0.475 e. The van der Waals surface area contributed by atoms with Crippen LogP contribution in [0, 0.1) is 4.78 Å². The third kappa shape index (κ3) is 1.82. The molecule has 1 aromatic heterocycles. The molecule has 3 rings (SSSR count). The highest BCUT2D eigenvalue weighted by Crippen LogP contribution is 2.28. The Balaban J connectivity index is 1.95. The lowest BCUT2D eigenvalue weighted by Gasteiger charge is -2.09. The van der Waals surface area contributed by atoms with Crippen molar-refractivity contribution in [2.45, 2.75) is 11.4 Å². The number of aromatic nitrogens is 2. The number of fused-ring (bicyclic) bond motifs is 1. The summed E-state index contributed by atoms with van der Waals surface area (Å²) in [6, 6.07) is 9.02. The molecule has 0 saturated heterocycles. The zero-order chi connectivity index (χ0) is 12.6. The van der Waals surface area contributed by atoms with E-state index in [0.717, 1.165) is 0 Å². The first-order valence-electron chi connectivity index (χ1n) is 5.47. The molecule has 2 heterocycles. The van der Waals surface area contributed by atoms with Gasteiger partial charge in [-0.25, -0.2) is 13.7 Å². The summed E-state index contributed by atoms with van der Waals surface area (Å²) < 4.78 is 30.1. The van der Waals surface area contributed by atoms with Crippen molar-refractivity contribution in [3.63, 3.8) is 0 Å². The van der Waals surface area contributed by atoms with Crippen LogP contribution in [0.5, 0.6) is 5.88 Å². The van der Waals surface area contributed by atoms with E-state index in [-0.39, 0.29) is 0 Å². The molecule has 1 unspecified atom stereocenters. The molecule has 2 N–H and O–H groups in total. The maximum absolute atomic E-state index is 12.4. The first-order chi connectivity index (χ1) is 8.67. The van der Waals surface area contributed by atoms with Crippen molar-refractivity contribution in [1.82, 2.24) is 9.78 Å². The van der Waals surface area contributed by atoms with Gasteiger partial charge >= 0.3 is 0 Å². The average Bonchev–Trinajstić information content (AvgIpc) is 2.90. The molecule has 1 atom stereocenters. The average molecular weight is 264 g/mol. The molecule has 0 fully saturated rings. The minimum atomic E-state index is -3.15. The first kappa shape index (κ1) is 11.1. The lowest BCUT2D eigenvalue weighted by molar-refractivity contribution is 0.349. The van der Waals surface area contributed by atoms with Crippen LogP contribution in [0.4, 0.5) is 5.69 Å². The molecule has 0 amide bonds. The predicted molar refractivity (Wildman–Crippen MR) is 66.9 cm³/mol. The second-order valence-electron chi connectivity index (χ2n) is 3.91. The van der Waals surface area contributed by atoms with E-state index in [2.05, 4.69) is 9.82 Å². The van der Waals surface area contributed by atoms with E-state index in [0.29, 0.717) is 29.6 Å². The van der Waals surface area contributed by atoms with Crippen LogP contribution in [0.15, 0.2) is 41.4 Å². The molecule has 1 aliphatic rings. The van der Waals surface area contributed by atoms with Crippen LogP contribution in [0.2, 0.25) is 0 Å². The van der Waals surface area contributed by atoms with E-state index in [1.54, 1.807) is 16.8 Å². The fourth-order valence-electron chi connectivity index (χ4n) is 1.82. The first-order valence-corrected chi connectivity index (χ1v) is 7.03. The standard InChI is InChI=1S/C11H12N4O2S/c12-18(16,14-9-4-2-1-3-5-9)10-8-13-15-6-7-17-11(10)15/h1-5,8H,6-7H2,(H2,12,14,16). The minimum Gasteiger partial charge on any atom is -0.475 e. The molecule has 0 spiro atoms. The molecule has 2 aromatic rings. The van der Waals surface area contributed by atoms with Crippen molar-refractivity contribution in [3.05, 3.63) is 36.5 Å². The molecule has 18 heavy (non-hydrogen) atoms. The van der Waals surface area contributed by atoms with Crippen molar-refractivity contribution in [1.29, 1.82) is 4.78 Å². The van der Waals surface area contributed by atoms with Gasteiger partial charge in [0.2, 0.25) is 5.88 Å². The molecule has 7 heteroatoms. The van der Waals surface area contributed by atoms with Gasteiger partial charge in [0.15, 0.2) is 9.92 Å². The van der Waals surface area contributed by atoms with Gasteiger partial charge in [0.05, 0.1) is 12.7 Å². The van der Waals surface area contributed by atoms with Crippen LogP contribution in [0.3, 0.4) is 0 Å². The normalized spacial score (nSPS) is 16.7. The Hall–Kier alpha value is -2.02. The van der Waals surface area contributed by atoms with E-state index in [9.17, 15) is 4.21 Å². The number of nitrogens with zero attached hydrogens (tertiary/aromatic N) is 2. The molecule has 0 bridgehead atoms. The molecular weight excluding hydrogens is 252 g/mol. The lowest BCUT2D eigenvalue weighted by Crippen LogP contribution is -2.11. The van der Waals surface area contributed by atoms with E-state index in [1.807, 2.05) is 18.2 Å². The zero-order valence-corrected chi connectivity index (χ0v) is 10.3. The molecule has 0 saturated carbocycles. The van der Waals surface area contributed by atoms with Gasteiger partial charge in [-0.3, -0.25) is 4.72 Å². The second-order valence-corrected chi connectivity index (χ2v) is 5.67. The third-order valence-electron chi connectivity index (χ3n) is 2.65. The fourth-order valence-corrected chi connectivity index (χ4v) is 3.00. The van der Waals surface area contributed by atoms with Gasteiger partial charge < -0.3 is 4.74 Å². The minimum absolute atomic E-state index is 0.295. The summed E-state index contributed by atoms with van der Waals surface area (Å²) in [7, 11) is -3.15. The maximum atomic E-state index is 12.4. The molecular formula is C11H12N4O2S. The predicted octanol–water partition coefficient (Wildman–Crippen LogP) is 1.71. The summed E-state index contributed by atoms with van der Waals surface area (Å²) in [5.74, 6) is 0.429. The quantitative estimate of drug-likeness (QED) is 0.885. The lowest BCUT2D eigenvalue weighted by atomic mass is 10.3. The Morgan fingerprint density at radius 2 is 2.17 bits per heavy atom. The van der Waals surface area contributed by atoms with Gasteiger partial charge in [-0.05, 0) is 12.1 Å². The highest BCUT2D eigenvalue weighted by atomic mass is 32.2. The van der Waals surface area contributed by atoms with Crippen molar-refractivity contribution in [2.24, 2.45) is 0 Å². The van der Waals surface area contributed by atoms with Crippen molar-refractivity contribution < 1.29 is 8.95 Å². The summed E-state index contributed by atoms with van der Waals surface area (Å²) in [6.45, 7) is 1.15. The van der Waals surface area contributed by atoms with Crippen LogP contribution in [-0.2, 0) is 16.5 Å². The number of hydrogen-bond acceptors (Lipinski definition) is 4. The van der Waals surface area contributed by atoms with Gasteiger partial charge in [-0.2, -0.15) is 5.10 Å². The van der Waals surface area contributed by atoms with Gasteiger partial charge in [-0.15, -0.1) is 0 Å². The molecule has 94 valence electrons. The van der Waals surface area contributed by atoms with E-state index in [1.165, 1.54) is 6.20 Å². The van der Waals surface area contributed by atoms with Crippen LogP contribution >= 0.6 is 0 Å². The molecule has 1 aromatic carbocycles. The summed E-state index contributed by atoms with van der Waals surface area (Å²) >= 11 is 0. The molecule has 0 aliphatic carbocycles. The van der Waals surface area contributed by atoms with E-state index >= 15 is 0 Å². The van der Waals surface area contributed by atoms with Crippen LogP contribution in [0.25, 0.3) is 0 Å². The van der Waals surface area contributed by atoms with Gasteiger partial charge in [0, 0.05) is 5.69 Å². The number of nitrogens with one attached hydrogen (secondary N) is 2. The van der Waals surface area contributed by atoms with E-state index < -0.39 is 9.92 Å². The number of anilines is 1. The Bertz CT molecular complexity index is 664. The van der Waals surface area contributed by atoms with Crippen LogP contribution in [-0.4, -0.2) is 20.6 Å². The fraction of sp³-hybridized carbons (Fsp3) is 0.182. The number of rotatable bonds is 3. The third-order valence-corrected chi connectivity index (χ3v) is 4.07. The smallest absolute Gasteiger partial charge is 0.231 e. The summed E-state index contributed by atoms with van der Waals surface area (Å²) in [5.41, 5.74) is 0.635. The highest BCUT2D eigenvalue weighted by molar-refractivity contribution is 7.93. The van der Waals surface area contributed by atoms with Gasteiger partial charge in [-0.1, -0.05) is 18.2 Å². The summed E-state index contributed by atoms with van der Waals surface area (Å²) in [5, 5.41) is 4.06. The van der Waals surface area contributed by atoms with Crippen molar-refractivity contribution in [2.75, 3.05) is 11.3 Å². The topological polar surface area (TPSA) is 80.0 Å². The van der Waals surface area contributed by atoms with Gasteiger partial charge in [0.1, 0.15) is 11.5 Å². The number of benzene rings is 1. The SMILES string of the molecule is N=S(=O)(Nc1ccccc1)c1cnn2c1OCC2. The summed E-state index contributed by atoms with van der Waals surface area (Å²) in [6.07, 6.45) is 1.43. The maximum Gasteiger partial charge on any atom is 0.231 e. The number of hydrogen-bond donors (Lipinski definition) is 2. The highest BCUT2D eigenvalue weighted by Gasteiger charge is 2.25. The Kier molecular flexibility index (Phi) is 2.48. The number of ether oxygens (including phenoxy) is 1. The molecule has 1 aliphatic heterocycles. The molecule has 0 radical (unpaired) electrons.